The number of fused-ring (bicyclic) bond motifs is 1. The first kappa shape index (κ1) is 17.7. The van der Waals surface area contributed by atoms with Crippen molar-refractivity contribution < 1.29 is 4.74 Å². The zero-order valence-corrected chi connectivity index (χ0v) is 15.9. The van der Waals surface area contributed by atoms with Crippen LogP contribution in [0.15, 0.2) is 65.7 Å². The average Bonchev–Trinajstić information content (AvgIpc) is 3.06. The van der Waals surface area contributed by atoms with Gasteiger partial charge >= 0.3 is 0 Å². The van der Waals surface area contributed by atoms with E-state index >= 15 is 0 Å². The Labute approximate surface area is 167 Å². The smallest absolute Gasteiger partial charge is 0.129 e. The highest BCUT2D eigenvalue weighted by molar-refractivity contribution is 6.42. The number of amidine groups is 1. The summed E-state index contributed by atoms with van der Waals surface area (Å²) in [6.45, 7) is 0.596. The van der Waals surface area contributed by atoms with Crippen LogP contribution in [0, 0.1) is 0 Å². The molecule has 0 spiro atoms. The van der Waals surface area contributed by atoms with Crippen molar-refractivity contribution in [1.82, 2.24) is 0 Å². The predicted molar refractivity (Wildman–Crippen MR) is 112 cm³/mol. The number of benzene rings is 3. The topological polar surface area (TPSA) is 59.6 Å². The molecule has 4 rings (SSSR count). The molecule has 3 N–H and O–H groups in total. The third kappa shape index (κ3) is 4.18. The molecule has 0 saturated heterocycles. The molecule has 136 valence electrons. The molecule has 3 aromatic rings. The molecule has 0 amide bonds. The standard InChI is InChI=1S/C21H17Cl2N3O/c22-18-8-7-17(11-19(18)23)27-16-5-1-13(2-6-16)12-25-21-9-14-3-4-15(24)10-20(14)26-21/h1-8,10-11H,9,12,24H2,(H,25,26). The van der Waals surface area contributed by atoms with Crippen molar-refractivity contribution in [3.05, 3.63) is 81.8 Å². The second-order valence-electron chi connectivity index (χ2n) is 6.30. The van der Waals surface area contributed by atoms with Crippen LogP contribution in [0.2, 0.25) is 10.0 Å². The number of nitrogens with one attached hydrogen (secondary N) is 1. The molecule has 0 radical (unpaired) electrons. The Balaban J connectivity index is 1.39. The van der Waals surface area contributed by atoms with Crippen molar-refractivity contribution in [3.63, 3.8) is 0 Å². The summed E-state index contributed by atoms with van der Waals surface area (Å²) >= 11 is 11.9. The van der Waals surface area contributed by atoms with Crippen molar-refractivity contribution in [2.75, 3.05) is 11.1 Å². The SMILES string of the molecule is Nc1ccc2c(c1)NC(=NCc1ccc(Oc3ccc(Cl)c(Cl)c3)cc1)C2. The zero-order chi connectivity index (χ0) is 18.8. The van der Waals surface area contributed by atoms with Gasteiger partial charge in [0.25, 0.3) is 0 Å². The highest BCUT2D eigenvalue weighted by atomic mass is 35.5. The Kier molecular flexibility index (Phi) is 4.92. The van der Waals surface area contributed by atoms with Gasteiger partial charge in [-0.05, 0) is 47.5 Å². The largest absolute Gasteiger partial charge is 0.457 e. The number of aliphatic imine (C=N–C) groups is 1. The van der Waals surface area contributed by atoms with Gasteiger partial charge in [0, 0.05) is 23.9 Å². The summed E-state index contributed by atoms with van der Waals surface area (Å²) in [4.78, 5) is 4.66. The number of halogens is 2. The van der Waals surface area contributed by atoms with Crippen molar-refractivity contribution in [2.24, 2.45) is 4.99 Å². The first-order chi connectivity index (χ1) is 13.1. The molecule has 1 aliphatic rings. The van der Waals surface area contributed by atoms with E-state index in [0.717, 1.165) is 34.9 Å². The molecule has 1 heterocycles. The van der Waals surface area contributed by atoms with E-state index in [-0.39, 0.29) is 0 Å². The number of ether oxygens (including phenoxy) is 1. The number of nitrogens with two attached hydrogens (primary N) is 1. The van der Waals surface area contributed by atoms with Crippen LogP contribution in [0.25, 0.3) is 0 Å². The lowest BCUT2D eigenvalue weighted by atomic mass is 10.1. The molecule has 6 heteroatoms. The van der Waals surface area contributed by atoms with Gasteiger partial charge in [0.1, 0.15) is 17.3 Å². The summed E-state index contributed by atoms with van der Waals surface area (Å²) in [6.07, 6.45) is 0.800. The van der Waals surface area contributed by atoms with Gasteiger partial charge in [-0.25, -0.2) is 0 Å². The van der Waals surface area contributed by atoms with E-state index in [4.69, 9.17) is 33.7 Å². The Morgan fingerprint density at radius 1 is 0.926 bits per heavy atom. The summed E-state index contributed by atoms with van der Waals surface area (Å²) in [5.41, 5.74) is 9.93. The van der Waals surface area contributed by atoms with Crippen molar-refractivity contribution in [3.8, 4) is 11.5 Å². The summed E-state index contributed by atoms with van der Waals surface area (Å²) < 4.78 is 5.80. The highest BCUT2D eigenvalue weighted by Gasteiger charge is 2.15. The first-order valence-corrected chi connectivity index (χ1v) is 9.23. The third-order valence-electron chi connectivity index (χ3n) is 4.27. The first-order valence-electron chi connectivity index (χ1n) is 8.47. The van der Waals surface area contributed by atoms with Crippen molar-refractivity contribution >= 4 is 40.4 Å². The van der Waals surface area contributed by atoms with Gasteiger partial charge in [0.2, 0.25) is 0 Å². The maximum absolute atomic E-state index is 6.01. The Morgan fingerprint density at radius 3 is 2.48 bits per heavy atom. The lowest BCUT2D eigenvalue weighted by molar-refractivity contribution is 0.482. The number of nitrogen functional groups attached to an aromatic ring is 1. The molecule has 0 fully saturated rings. The molecule has 0 aliphatic carbocycles. The van der Waals surface area contributed by atoms with E-state index in [1.54, 1.807) is 18.2 Å². The quantitative estimate of drug-likeness (QED) is 0.535. The van der Waals surface area contributed by atoms with Crippen LogP contribution in [0.5, 0.6) is 11.5 Å². The van der Waals surface area contributed by atoms with Gasteiger partial charge in [0.05, 0.1) is 16.6 Å². The highest BCUT2D eigenvalue weighted by Crippen LogP contribution is 2.30. The molecule has 0 aromatic heterocycles. The molecule has 0 saturated carbocycles. The predicted octanol–water partition coefficient (Wildman–Crippen LogP) is 5.93. The number of anilines is 2. The van der Waals surface area contributed by atoms with E-state index in [1.165, 1.54) is 5.56 Å². The second-order valence-corrected chi connectivity index (χ2v) is 7.12. The summed E-state index contributed by atoms with van der Waals surface area (Å²) in [7, 11) is 0. The fourth-order valence-corrected chi connectivity index (χ4v) is 3.15. The number of hydrogen-bond donors (Lipinski definition) is 2. The molecule has 4 nitrogen and oxygen atoms in total. The minimum atomic E-state index is 0.466. The molecular formula is C21H17Cl2N3O. The van der Waals surface area contributed by atoms with E-state index < -0.39 is 0 Å². The van der Waals surface area contributed by atoms with Crippen molar-refractivity contribution in [2.45, 2.75) is 13.0 Å². The van der Waals surface area contributed by atoms with Crippen LogP contribution >= 0.6 is 23.2 Å². The molecule has 3 aromatic carbocycles. The van der Waals surface area contributed by atoms with Gasteiger partial charge in [0.15, 0.2) is 0 Å². The lowest BCUT2D eigenvalue weighted by Gasteiger charge is -2.07. The fraction of sp³-hybridized carbons (Fsp3) is 0.0952. The van der Waals surface area contributed by atoms with Gasteiger partial charge in [-0.3, -0.25) is 4.99 Å². The molecule has 0 atom stereocenters. The fourth-order valence-electron chi connectivity index (χ4n) is 2.87. The minimum Gasteiger partial charge on any atom is -0.457 e. The summed E-state index contributed by atoms with van der Waals surface area (Å²) in [5.74, 6) is 2.32. The number of hydrogen-bond acceptors (Lipinski definition) is 3. The zero-order valence-electron chi connectivity index (χ0n) is 14.4. The minimum absolute atomic E-state index is 0.466. The molecule has 1 aliphatic heterocycles. The van der Waals surface area contributed by atoms with E-state index in [0.29, 0.717) is 22.3 Å². The van der Waals surface area contributed by atoms with E-state index in [2.05, 4.69) is 10.3 Å². The lowest BCUT2D eigenvalue weighted by Crippen LogP contribution is -2.06. The molecule has 0 unspecified atom stereocenters. The summed E-state index contributed by atoms with van der Waals surface area (Å²) in [5, 5.41) is 4.29. The van der Waals surface area contributed by atoms with Gasteiger partial charge < -0.3 is 15.8 Å². The van der Waals surface area contributed by atoms with Crippen LogP contribution in [0.1, 0.15) is 11.1 Å². The van der Waals surface area contributed by atoms with Crippen LogP contribution in [0.4, 0.5) is 11.4 Å². The van der Waals surface area contributed by atoms with Crippen LogP contribution < -0.4 is 15.8 Å². The molecule has 27 heavy (non-hydrogen) atoms. The second kappa shape index (κ2) is 7.51. The third-order valence-corrected chi connectivity index (χ3v) is 5.01. The van der Waals surface area contributed by atoms with Gasteiger partial charge in [-0.2, -0.15) is 0 Å². The van der Waals surface area contributed by atoms with Gasteiger partial charge in [-0.1, -0.05) is 41.4 Å². The Hall–Kier alpha value is -2.69. The van der Waals surface area contributed by atoms with E-state index in [9.17, 15) is 0 Å². The van der Waals surface area contributed by atoms with Crippen LogP contribution in [-0.4, -0.2) is 5.84 Å². The normalized spacial score (nSPS) is 14.1. The summed E-state index contributed by atoms with van der Waals surface area (Å²) in [6, 6.07) is 18.9. The van der Waals surface area contributed by atoms with Crippen LogP contribution in [-0.2, 0) is 13.0 Å². The van der Waals surface area contributed by atoms with Crippen LogP contribution in [0.3, 0.4) is 0 Å². The number of rotatable bonds is 4. The maximum Gasteiger partial charge on any atom is 0.129 e. The molecule has 0 bridgehead atoms. The molecular weight excluding hydrogens is 381 g/mol. The Bertz CT molecular complexity index is 1020. The average molecular weight is 398 g/mol. The number of nitrogens with zero attached hydrogens (tertiary/aromatic N) is 1. The van der Waals surface area contributed by atoms with Crippen molar-refractivity contribution in [1.29, 1.82) is 0 Å². The van der Waals surface area contributed by atoms with E-state index in [1.807, 2.05) is 42.5 Å². The Morgan fingerprint density at radius 2 is 1.70 bits per heavy atom. The van der Waals surface area contributed by atoms with Gasteiger partial charge in [-0.15, -0.1) is 0 Å². The monoisotopic (exact) mass is 397 g/mol. The maximum atomic E-state index is 6.01.